The van der Waals surface area contributed by atoms with E-state index in [2.05, 4.69) is 40.4 Å². The van der Waals surface area contributed by atoms with Crippen molar-refractivity contribution in [2.75, 3.05) is 13.1 Å². The molecule has 0 radical (unpaired) electrons. The molecule has 1 heterocycles. The number of nitrogens with two attached hydrogens (primary N) is 1. The van der Waals surface area contributed by atoms with Gasteiger partial charge in [-0.1, -0.05) is 75.2 Å². The van der Waals surface area contributed by atoms with Crippen LogP contribution in [0.25, 0.3) is 0 Å². The molecule has 4 aliphatic rings. The van der Waals surface area contributed by atoms with Crippen LogP contribution in [0.5, 0.6) is 0 Å². The van der Waals surface area contributed by atoms with Gasteiger partial charge < -0.3 is 37.2 Å². The maximum absolute atomic E-state index is 14.8. The zero-order valence-corrected chi connectivity index (χ0v) is 32.9. The Hall–Kier alpha value is -3.22. The number of hydrogen-bond acceptors (Lipinski definition) is 7. The van der Waals surface area contributed by atoms with Crippen LogP contribution in [0, 0.1) is 27.1 Å². The Bertz CT molecular complexity index is 1400. The standard InChI is InChI=1S/C38H65N7O6/c1-12-14-23(26(46)29(48)41-22-15-16-22)42-28(47)24-19-38(36(10,11)37(38)17-13-18-37)21-45(24)30(49)27(34(5,6)7)44-32(51)43-25(33(2,3)4)20-40-31(50)35(8,9)39/h22-25,27H,12-21,39H2,1-11H3,(H,40,50)(H,41,48)(H,42,47)(H2,43,44,51)/t23-,24-,25+,27+,38+/m0/s1. The topological polar surface area (TPSA) is 192 Å². The van der Waals surface area contributed by atoms with Crippen molar-refractivity contribution in [3.05, 3.63) is 0 Å². The zero-order valence-electron chi connectivity index (χ0n) is 32.9. The Balaban J connectivity index is 1.58. The van der Waals surface area contributed by atoms with Gasteiger partial charge in [0.2, 0.25) is 23.5 Å². The van der Waals surface area contributed by atoms with Gasteiger partial charge in [-0.3, -0.25) is 24.0 Å². The average molecular weight is 716 g/mol. The van der Waals surface area contributed by atoms with Crippen molar-refractivity contribution in [2.24, 2.45) is 32.8 Å². The van der Waals surface area contributed by atoms with Crippen LogP contribution in [0.4, 0.5) is 4.79 Å². The Morgan fingerprint density at radius 3 is 1.92 bits per heavy atom. The molecule has 6 amide bonds. The first-order valence-electron chi connectivity index (χ1n) is 18.9. The van der Waals surface area contributed by atoms with Crippen molar-refractivity contribution >= 4 is 35.4 Å². The lowest BCUT2D eigenvalue weighted by molar-refractivity contribution is -0.144. The predicted molar refractivity (Wildman–Crippen MR) is 195 cm³/mol. The highest BCUT2D eigenvalue weighted by molar-refractivity contribution is 6.38. The van der Waals surface area contributed by atoms with Crippen LogP contribution in [-0.4, -0.2) is 89.2 Å². The number of carbonyl (C=O) groups excluding carboxylic acids is 6. The van der Waals surface area contributed by atoms with E-state index in [0.29, 0.717) is 25.8 Å². The van der Waals surface area contributed by atoms with Crippen molar-refractivity contribution in [3.63, 3.8) is 0 Å². The second-order valence-electron chi connectivity index (χ2n) is 19.1. The van der Waals surface area contributed by atoms with E-state index in [1.165, 1.54) is 0 Å². The number of rotatable bonds is 13. The molecule has 0 aromatic rings. The summed E-state index contributed by atoms with van der Waals surface area (Å²) < 4.78 is 0. The molecule has 0 bridgehead atoms. The van der Waals surface area contributed by atoms with Gasteiger partial charge in [-0.25, -0.2) is 4.79 Å². The van der Waals surface area contributed by atoms with E-state index < -0.39 is 64.2 Å². The molecule has 5 atom stereocenters. The summed E-state index contributed by atoms with van der Waals surface area (Å²) in [5.74, 6) is -2.54. The number of nitrogens with one attached hydrogen (secondary N) is 5. The summed E-state index contributed by atoms with van der Waals surface area (Å²) in [4.78, 5) is 82.8. The van der Waals surface area contributed by atoms with Crippen molar-refractivity contribution < 1.29 is 28.8 Å². The van der Waals surface area contributed by atoms with Gasteiger partial charge in [-0.2, -0.15) is 0 Å². The van der Waals surface area contributed by atoms with Gasteiger partial charge in [-0.05, 0) is 74.0 Å². The molecule has 1 aliphatic heterocycles. The SMILES string of the molecule is CCC[C@H](NC(=O)[C@@H]1C[C@@]2(CN1C(=O)[C@@H](NC(=O)N[C@H](CNC(=O)C(C)(C)N)C(C)(C)C)C(C)(C)C)C(C)(C)C21CCC1)C(=O)C(=O)NC1CC1. The molecule has 0 unspecified atom stereocenters. The molecule has 0 aromatic carbocycles. The van der Waals surface area contributed by atoms with E-state index in [0.717, 1.165) is 32.1 Å². The molecule has 7 N–H and O–H groups in total. The molecule has 288 valence electrons. The van der Waals surface area contributed by atoms with E-state index in [1.807, 2.05) is 48.5 Å². The molecule has 13 heteroatoms. The van der Waals surface area contributed by atoms with E-state index in [9.17, 15) is 28.8 Å². The Kier molecular flexibility index (Phi) is 11.1. The Morgan fingerprint density at radius 1 is 0.863 bits per heavy atom. The van der Waals surface area contributed by atoms with Crippen LogP contribution in [0.1, 0.15) is 128 Å². The monoisotopic (exact) mass is 715 g/mol. The van der Waals surface area contributed by atoms with E-state index in [4.69, 9.17) is 5.73 Å². The molecule has 4 fully saturated rings. The summed E-state index contributed by atoms with van der Waals surface area (Å²) in [5, 5.41) is 14.3. The number of carbonyl (C=O) groups is 6. The number of hydrogen-bond donors (Lipinski definition) is 6. The number of amides is 6. The minimum atomic E-state index is -1.09. The molecule has 0 aromatic heterocycles. The van der Waals surface area contributed by atoms with Gasteiger partial charge in [0, 0.05) is 24.5 Å². The number of Topliss-reactive ketones (excluding diaryl/α,β-unsaturated/α-hetero) is 1. The molecule has 1 saturated heterocycles. The lowest BCUT2D eigenvalue weighted by atomic mass is 9.73. The van der Waals surface area contributed by atoms with E-state index in [-0.39, 0.29) is 40.6 Å². The normalized spacial score (nSPS) is 25.3. The molecular weight excluding hydrogens is 650 g/mol. The average Bonchev–Trinajstić information content (AvgIpc) is 3.80. The second kappa shape index (κ2) is 14.0. The predicted octanol–water partition coefficient (Wildman–Crippen LogP) is 2.90. The molecule has 3 aliphatic carbocycles. The molecule has 4 rings (SSSR count). The highest BCUT2D eigenvalue weighted by atomic mass is 16.2. The smallest absolute Gasteiger partial charge is 0.315 e. The van der Waals surface area contributed by atoms with Crippen molar-refractivity contribution in [2.45, 2.75) is 163 Å². The third-order valence-electron chi connectivity index (χ3n) is 12.5. The third-order valence-corrected chi connectivity index (χ3v) is 12.5. The highest BCUT2D eigenvalue weighted by Crippen LogP contribution is 2.88. The number of nitrogens with zero attached hydrogens (tertiary/aromatic N) is 1. The molecule has 3 saturated carbocycles. The minimum absolute atomic E-state index is 0.00699. The lowest BCUT2D eigenvalue weighted by Gasteiger charge is -2.37. The van der Waals surface area contributed by atoms with Gasteiger partial charge in [0.15, 0.2) is 0 Å². The van der Waals surface area contributed by atoms with Crippen LogP contribution < -0.4 is 32.3 Å². The van der Waals surface area contributed by atoms with Crippen LogP contribution in [-0.2, 0) is 24.0 Å². The van der Waals surface area contributed by atoms with Crippen LogP contribution in [0.3, 0.4) is 0 Å². The maximum atomic E-state index is 14.8. The number of ketones is 1. The summed E-state index contributed by atoms with van der Waals surface area (Å²) in [5.41, 5.74) is 3.32. The summed E-state index contributed by atoms with van der Waals surface area (Å²) in [6.07, 6.45) is 6.17. The highest BCUT2D eigenvalue weighted by Gasteiger charge is 2.85. The Morgan fingerprint density at radius 2 is 1.47 bits per heavy atom. The Labute approximate surface area is 304 Å². The summed E-state index contributed by atoms with van der Waals surface area (Å²) in [6, 6.07) is -3.94. The van der Waals surface area contributed by atoms with Crippen molar-refractivity contribution in [1.82, 2.24) is 31.5 Å². The first-order valence-corrected chi connectivity index (χ1v) is 18.9. The van der Waals surface area contributed by atoms with Crippen molar-refractivity contribution in [3.8, 4) is 0 Å². The fourth-order valence-electron chi connectivity index (χ4n) is 8.67. The van der Waals surface area contributed by atoms with Gasteiger partial charge in [-0.15, -0.1) is 0 Å². The maximum Gasteiger partial charge on any atom is 0.315 e. The first-order chi connectivity index (χ1) is 23.3. The second-order valence-corrected chi connectivity index (χ2v) is 19.1. The fraction of sp³-hybridized carbons (Fsp3) is 0.842. The lowest BCUT2D eigenvalue weighted by Crippen LogP contribution is -2.62. The molecule has 2 spiro atoms. The van der Waals surface area contributed by atoms with Crippen molar-refractivity contribution in [1.29, 1.82) is 0 Å². The number of likely N-dealkylation sites (tertiary alicyclic amines) is 1. The van der Waals surface area contributed by atoms with Gasteiger partial charge in [0.05, 0.1) is 17.6 Å². The van der Waals surface area contributed by atoms with Crippen LogP contribution >= 0.6 is 0 Å². The van der Waals surface area contributed by atoms with Crippen LogP contribution in [0.2, 0.25) is 0 Å². The van der Waals surface area contributed by atoms with Gasteiger partial charge in [0.25, 0.3) is 5.91 Å². The number of urea groups is 1. The zero-order chi connectivity index (χ0) is 38.5. The molecule has 13 nitrogen and oxygen atoms in total. The summed E-state index contributed by atoms with van der Waals surface area (Å²) >= 11 is 0. The largest absolute Gasteiger partial charge is 0.352 e. The van der Waals surface area contributed by atoms with Crippen LogP contribution in [0.15, 0.2) is 0 Å². The number of fused-ring (bicyclic) bond motifs is 1. The first kappa shape index (κ1) is 40.5. The molecule has 51 heavy (non-hydrogen) atoms. The summed E-state index contributed by atoms with van der Waals surface area (Å²) in [7, 11) is 0. The molecular formula is C38H65N7O6. The summed E-state index contributed by atoms with van der Waals surface area (Å²) in [6.45, 7) is 21.5. The fourth-order valence-corrected chi connectivity index (χ4v) is 8.67. The minimum Gasteiger partial charge on any atom is -0.352 e. The van der Waals surface area contributed by atoms with Gasteiger partial charge >= 0.3 is 6.03 Å². The van der Waals surface area contributed by atoms with Gasteiger partial charge in [0.1, 0.15) is 12.1 Å². The van der Waals surface area contributed by atoms with E-state index >= 15 is 0 Å². The van der Waals surface area contributed by atoms with E-state index in [1.54, 1.807) is 18.7 Å². The third kappa shape index (κ3) is 7.93. The quantitative estimate of drug-likeness (QED) is 0.158.